The monoisotopic (exact) mass is 252 g/mol. The first kappa shape index (κ1) is 12.9. The average molecular weight is 253 g/mol. The third-order valence-electron chi connectivity index (χ3n) is 3.91. The van der Waals surface area contributed by atoms with Crippen molar-refractivity contribution >= 4 is 11.6 Å². The number of benzene rings is 1. The van der Waals surface area contributed by atoms with Crippen LogP contribution in [0.1, 0.15) is 49.8 Å². The fraction of sp³-hybridized carbons (Fsp3) is 0.600. The molecule has 0 bridgehead atoms. The van der Waals surface area contributed by atoms with Crippen molar-refractivity contribution < 1.29 is 5.11 Å². The van der Waals surface area contributed by atoms with E-state index in [2.05, 4.69) is 13.0 Å². The van der Waals surface area contributed by atoms with Gasteiger partial charge in [0.2, 0.25) is 0 Å². The van der Waals surface area contributed by atoms with Crippen LogP contribution in [0.5, 0.6) is 0 Å². The molecule has 0 aliphatic heterocycles. The first-order valence-corrected chi connectivity index (χ1v) is 6.89. The van der Waals surface area contributed by atoms with Crippen molar-refractivity contribution in [3.63, 3.8) is 0 Å². The van der Waals surface area contributed by atoms with Gasteiger partial charge in [-0.15, -0.1) is 0 Å². The van der Waals surface area contributed by atoms with Gasteiger partial charge in [-0.2, -0.15) is 0 Å². The topological polar surface area (TPSA) is 20.2 Å². The summed E-state index contributed by atoms with van der Waals surface area (Å²) in [4.78, 5) is 0. The minimum atomic E-state index is -0.347. The summed E-state index contributed by atoms with van der Waals surface area (Å²) in [5.74, 6) is 1.23. The molecule has 1 aromatic carbocycles. The Morgan fingerprint density at radius 3 is 2.41 bits per heavy atom. The molecular formula is C15H21ClO. The standard InChI is InChI=1S/C15H21ClO/c1-10-3-5-12(6-4-10)15(17)13-7-11(2)8-14(16)9-13/h7-10,12,15,17H,3-6H2,1-2H3. The van der Waals surface area contributed by atoms with Crippen molar-refractivity contribution in [3.05, 3.63) is 34.3 Å². The van der Waals surface area contributed by atoms with Gasteiger partial charge < -0.3 is 5.11 Å². The molecule has 0 amide bonds. The molecule has 0 heterocycles. The SMILES string of the molecule is Cc1cc(Cl)cc(C(O)C2CCC(C)CC2)c1. The number of aliphatic hydroxyl groups excluding tert-OH is 1. The van der Waals surface area contributed by atoms with E-state index in [4.69, 9.17) is 11.6 Å². The molecule has 0 radical (unpaired) electrons. The van der Waals surface area contributed by atoms with E-state index in [1.165, 1.54) is 12.8 Å². The maximum atomic E-state index is 10.4. The van der Waals surface area contributed by atoms with Gasteiger partial charge in [-0.1, -0.05) is 37.4 Å². The summed E-state index contributed by atoms with van der Waals surface area (Å²) < 4.78 is 0. The molecule has 17 heavy (non-hydrogen) atoms. The lowest BCUT2D eigenvalue weighted by Gasteiger charge is -2.30. The average Bonchev–Trinajstić information content (AvgIpc) is 2.28. The maximum Gasteiger partial charge on any atom is 0.0818 e. The molecule has 2 heteroatoms. The molecular weight excluding hydrogens is 232 g/mol. The normalized spacial score (nSPS) is 26.8. The smallest absolute Gasteiger partial charge is 0.0818 e. The molecule has 0 aromatic heterocycles. The zero-order valence-electron chi connectivity index (χ0n) is 10.6. The second kappa shape index (κ2) is 5.41. The number of rotatable bonds is 2. The summed E-state index contributed by atoms with van der Waals surface area (Å²) in [6.45, 7) is 4.32. The third-order valence-corrected chi connectivity index (χ3v) is 4.13. The van der Waals surface area contributed by atoms with Crippen molar-refractivity contribution in [1.29, 1.82) is 0 Å². The second-order valence-electron chi connectivity index (χ2n) is 5.53. The Bertz CT molecular complexity index is 360. The lowest BCUT2D eigenvalue weighted by atomic mass is 9.78. The van der Waals surface area contributed by atoms with Gasteiger partial charge in [-0.3, -0.25) is 0 Å². The summed E-state index contributed by atoms with van der Waals surface area (Å²) in [5, 5.41) is 11.1. The number of hydrogen-bond acceptors (Lipinski definition) is 1. The largest absolute Gasteiger partial charge is 0.388 e. The van der Waals surface area contributed by atoms with E-state index in [0.717, 1.165) is 34.9 Å². The molecule has 1 atom stereocenters. The van der Waals surface area contributed by atoms with E-state index in [1.807, 2.05) is 19.1 Å². The summed E-state index contributed by atoms with van der Waals surface area (Å²) in [7, 11) is 0. The fourth-order valence-electron chi connectivity index (χ4n) is 2.81. The lowest BCUT2D eigenvalue weighted by molar-refractivity contribution is 0.0755. The van der Waals surface area contributed by atoms with Gasteiger partial charge in [-0.25, -0.2) is 0 Å². The Labute approximate surface area is 109 Å². The van der Waals surface area contributed by atoms with E-state index in [9.17, 15) is 5.11 Å². The van der Waals surface area contributed by atoms with Gasteiger partial charge in [0.15, 0.2) is 0 Å². The predicted molar refractivity (Wildman–Crippen MR) is 72.3 cm³/mol. The van der Waals surface area contributed by atoms with E-state index >= 15 is 0 Å². The van der Waals surface area contributed by atoms with Gasteiger partial charge in [-0.05, 0) is 54.9 Å². The molecule has 1 nitrogen and oxygen atoms in total. The minimum absolute atomic E-state index is 0.347. The number of hydrogen-bond donors (Lipinski definition) is 1. The maximum absolute atomic E-state index is 10.4. The van der Waals surface area contributed by atoms with Crippen molar-refractivity contribution in [2.24, 2.45) is 11.8 Å². The number of aryl methyl sites for hydroxylation is 1. The van der Waals surface area contributed by atoms with Crippen LogP contribution in [0.2, 0.25) is 5.02 Å². The predicted octanol–water partition coefficient (Wildman–Crippen LogP) is 4.51. The third kappa shape index (κ3) is 3.23. The van der Waals surface area contributed by atoms with E-state index in [0.29, 0.717) is 5.92 Å². The molecule has 94 valence electrons. The van der Waals surface area contributed by atoms with Crippen molar-refractivity contribution in [3.8, 4) is 0 Å². The van der Waals surface area contributed by atoms with Crippen LogP contribution in [0.25, 0.3) is 0 Å². The molecule has 2 rings (SSSR count). The van der Waals surface area contributed by atoms with Crippen molar-refractivity contribution in [2.45, 2.75) is 45.6 Å². The van der Waals surface area contributed by atoms with Crippen LogP contribution in [0.15, 0.2) is 18.2 Å². The highest BCUT2D eigenvalue weighted by Crippen LogP contribution is 2.37. The minimum Gasteiger partial charge on any atom is -0.388 e. The van der Waals surface area contributed by atoms with Crippen LogP contribution in [-0.4, -0.2) is 5.11 Å². The highest BCUT2D eigenvalue weighted by Gasteiger charge is 2.25. The Kier molecular flexibility index (Phi) is 4.11. The highest BCUT2D eigenvalue weighted by atomic mass is 35.5. The molecule has 1 aliphatic rings. The Balaban J connectivity index is 2.10. The fourth-order valence-corrected chi connectivity index (χ4v) is 3.11. The molecule has 1 aromatic rings. The summed E-state index contributed by atoms with van der Waals surface area (Å²) in [6, 6.07) is 5.88. The summed E-state index contributed by atoms with van der Waals surface area (Å²) >= 11 is 6.05. The van der Waals surface area contributed by atoms with Crippen LogP contribution in [0.4, 0.5) is 0 Å². The number of aliphatic hydroxyl groups is 1. The molecule has 1 N–H and O–H groups in total. The van der Waals surface area contributed by atoms with Crippen LogP contribution in [0, 0.1) is 18.8 Å². The van der Waals surface area contributed by atoms with Crippen LogP contribution in [0.3, 0.4) is 0 Å². The van der Waals surface area contributed by atoms with Crippen molar-refractivity contribution in [1.82, 2.24) is 0 Å². The molecule has 1 fully saturated rings. The summed E-state index contributed by atoms with van der Waals surface area (Å²) in [6.07, 6.45) is 4.39. The second-order valence-corrected chi connectivity index (χ2v) is 5.96. The Morgan fingerprint density at radius 1 is 1.18 bits per heavy atom. The lowest BCUT2D eigenvalue weighted by Crippen LogP contribution is -2.19. The zero-order valence-corrected chi connectivity index (χ0v) is 11.4. The molecule has 1 unspecified atom stereocenters. The first-order valence-electron chi connectivity index (χ1n) is 6.51. The van der Waals surface area contributed by atoms with Gasteiger partial charge >= 0.3 is 0 Å². The van der Waals surface area contributed by atoms with E-state index in [-0.39, 0.29) is 6.10 Å². The Hall–Kier alpha value is -0.530. The first-order chi connectivity index (χ1) is 8.06. The van der Waals surface area contributed by atoms with Gasteiger partial charge in [0.25, 0.3) is 0 Å². The molecule has 0 saturated heterocycles. The van der Waals surface area contributed by atoms with Crippen LogP contribution < -0.4 is 0 Å². The molecule has 0 spiro atoms. The quantitative estimate of drug-likeness (QED) is 0.821. The van der Waals surface area contributed by atoms with Crippen LogP contribution >= 0.6 is 11.6 Å². The van der Waals surface area contributed by atoms with Crippen LogP contribution in [-0.2, 0) is 0 Å². The molecule has 1 aliphatic carbocycles. The Morgan fingerprint density at radius 2 is 1.82 bits per heavy atom. The molecule has 1 saturated carbocycles. The van der Waals surface area contributed by atoms with E-state index in [1.54, 1.807) is 0 Å². The highest BCUT2D eigenvalue weighted by molar-refractivity contribution is 6.30. The number of halogens is 1. The zero-order chi connectivity index (χ0) is 12.4. The summed E-state index contributed by atoms with van der Waals surface area (Å²) in [5.41, 5.74) is 2.10. The van der Waals surface area contributed by atoms with Gasteiger partial charge in [0.05, 0.1) is 6.10 Å². The van der Waals surface area contributed by atoms with Crippen molar-refractivity contribution in [2.75, 3.05) is 0 Å². The van der Waals surface area contributed by atoms with Gasteiger partial charge in [0, 0.05) is 5.02 Å². The van der Waals surface area contributed by atoms with E-state index < -0.39 is 0 Å². The van der Waals surface area contributed by atoms with Gasteiger partial charge in [0.1, 0.15) is 0 Å².